The van der Waals surface area contributed by atoms with Crippen molar-refractivity contribution in [3.63, 3.8) is 0 Å². The molecule has 26 heavy (non-hydrogen) atoms. The molecule has 0 aliphatic rings. The summed E-state index contributed by atoms with van der Waals surface area (Å²) in [7, 11) is 0. The lowest BCUT2D eigenvalue weighted by molar-refractivity contribution is 0.867. The number of rotatable bonds is 4. The second-order valence-electron chi connectivity index (χ2n) is 7.07. The summed E-state index contributed by atoms with van der Waals surface area (Å²) < 4.78 is 3.60. The number of para-hydroxylation sites is 1. The van der Waals surface area contributed by atoms with E-state index in [0.717, 1.165) is 11.3 Å². The summed E-state index contributed by atoms with van der Waals surface area (Å²) in [5.74, 6) is 0.463. The molecule has 0 N–H and O–H groups in total. The SMILES string of the molecule is Cc1cc(-n2c(C)cc(C=Nc3ccccc3C(C)C)c2C)ccc1I. The molecule has 0 bridgehead atoms. The van der Waals surface area contributed by atoms with E-state index in [1.165, 1.54) is 31.8 Å². The Balaban J connectivity index is 2.00. The average Bonchev–Trinajstić information content (AvgIpc) is 2.89. The van der Waals surface area contributed by atoms with Gasteiger partial charge in [0.25, 0.3) is 0 Å². The van der Waals surface area contributed by atoms with Gasteiger partial charge in [0.15, 0.2) is 0 Å². The second kappa shape index (κ2) is 7.78. The number of aryl methyl sites for hydroxylation is 2. The van der Waals surface area contributed by atoms with Crippen molar-refractivity contribution >= 4 is 34.5 Å². The van der Waals surface area contributed by atoms with Gasteiger partial charge in [0, 0.05) is 32.4 Å². The third-order valence-electron chi connectivity index (χ3n) is 4.77. The van der Waals surface area contributed by atoms with E-state index in [1.54, 1.807) is 0 Å². The van der Waals surface area contributed by atoms with Gasteiger partial charge in [0.05, 0.1) is 5.69 Å². The molecule has 3 heteroatoms. The molecule has 1 heterocycles. The van der Waals surface area contributed by atoms with Gasteiger partial charge in [-0.2, -0.15) is 0 Å². The van der Waals surface area contributed by atoms with Crippen molar-refractivity contribution in [2.45, 2.75) is 40.5 Å². The molecule has 0 radical (unpaired) electrons. The molecule has 0 saturated carbocycles. The van der Waals surface area contributed by atoms with E-state index in [1.807, 2.05) is 6.21 Å². The van der Waals surface area contributed by atoms with Crippen LogP contribution >= 0.6 is 22.6 Å². The van der Waals surface area contributed by atoms with Gasteiger partial charge >= 0.3 is 0 Å². The number of aromatic nitrogens is 1. The number of aliphatic imine (C=N–C) groups is 1. The highest BCUT2D eigenvalue weighted by Gasteiger charge is 2.11. The van der Waals surface area contributed by atoms with Crippen LogP contribution in [-0.2, 0) is 0 Å². The normalized spacial score (nSPS) is 11.7. The van der Waals surface area contributed by atoms with Gasteiger partial charge in [-0.3, -0.25) is 4.99 Å². The van der Waals surface area contributed by atoms with Crippen LogP contribution in [0.1, 0.15) is 47.8 Å². The molecule has 0 saturated heterocycles. The van der Waals surface area contributed by atoms with E-state index in [2.05, 4.69) is 110 Å². The van der Waals surface area contributed by atoms with E-state index in [0.29, 0.717) is 5.92 Å². The predicted molar refractivity (Wildman–Crippen MR) is 120 cm³/mol. The zero-order valence-corrected chi connectivity index (χ0v) is 18.2. The van der Waals surface area contributed by atoms with Gasteiger partial charge in [0.2, 0.25) is 0 Å². The van der Waals surface area contributed by atoms with Crippen molar-refractivity contribution in [3.8, 4) is 5.69 Å². The van der Waals surface area contributed by atoms with Crippen LogP contribution in [0.5, 0.6) is 0 Å². The minimum Gasteiger partial charge on any atom is -0.318 e. The molecule has 0 atom stereocenters. The van der Waals surface area contributed by atoms with Crippen LogP contribution < -0.4 is 0 Å². The molecule has 2 aromatic carbocycles. The number of hydrogen-bond acceptors (Lipinski definition) is 1. The lowest BCUT2D eigenvalue weighted by Gasteiger charge is -2.11. The highest BCUT2D eigenvalue weighted by atomic mass is 127. The number of nitrogens with zero attached hydrogens (tertiary/aromatic N) is 2. The summed E-state index contributed by atoms with van der Waals surface area (Å²) in [4.78, 5) is 4.80. The molecule has 3 rings (SSSR count). The Hall–Kier alpha value is -1.88. The van der Waals surface area contributed by atoms with E-state index in [4.69, 9.17) is 4.99 Å². The summed E-state index contributed by atoms with van der Waals surface area (Å²) in [5, 5.41) is 0. The molecule has 2 nitrogen and oxygen atoms in total. The molecule has 0 aliphatic heterocycles. The van der Waals surface area contributed by atoms with Crippen molar-refractivity contribution in [1.29, 1.82) is 0 Å². The summed E-state index contributed by atoms with van der Waals surface area (Å²) in [6.07, 6.45) is 2.00. The standard InChI is InChI=1S/C23H25IN2/c1-15(2)21-8-6-7-9-23(21)25-14-19-13-17(4)26(18(19)5)20-10-11-22(24)16(3)12-20/h6-15H,1-5H3. The van der Waals surface area contributed by atoms with Crippen LogP contribution in [0.2, 0.25) is 0 Å². The largest absolute Gasteiger partial charge is 0.318 e. The van der Waals surface area contributed by atoms with E-state index in [-0.39, 0.29) is 0 Å². The third-order valence-corrected chi connectivity index (χ3v) is 5.98. The second-order valence-corrected chi connectivity index (χ2v) is 8.23. The van der Waals surface area contributed by atoms with Crippen LogP contribution in [0.3, 0.4) is 0 Å². The Morgan fingerprint density at radius 1 is 1.00 bits per heavy atom. The van der Waals surface area contributed by atoms with E-state index in [9.17, 15) is 0 Å². The van der Waals surface area contributed by atoms with Gasteiger partial charge < -0.3 is 4.57 Å². The average molecular weight is 456 g/mol. The van der Waals surface area contributed by atoms with Crippen LogP contribution in [0.15, 0.2) is 53.5 Å². The molecule has 0 fully saturated rings. The highest BCUT2D eigenvalue weighted by molar-refractivity contribution is 14.1. The predicted octanol–water partition coefficient (Wildman–Crippen LogP) is 6.88. The Morgan fingerprint density at radius 2 is 1.73 bits per heavy atom. The smallest absolute Gasteiger partial charge is 0.0664 e. The van der Waals surface area contributed by atoms with Crippen molar-refractivity contribution < 1.29 is 0 Å². The summed E-state index contributed by atoms with van der Waals surface area (Å²) in [6, 6.07) is 17.2. The molecule has 3 aromatic rings. The number of hydrogen-bond donors (Lipinski definition) is 0. The maximum atomic E-state index is 4.80. The zero-order chi connectivity index (χ0) is 18.8. The summed E-state index contributed by atoms with van der Waals surface area (Å²) >= 11 is 2.38. The molecular formula is C23H25IN2. The Labute approximate surface area is 170 Å². The molecule has 0 unspecified atom stereocenters. The molecular weight excluding hydrogens is 431 g/mol. The first-order chi connectivity index (χ1) is 12.4. The quantitative estimate of drug-likeness (QED) is 0.301. The zero-order valence-electron chi connectivity index (χ0n) is 16.0. The van der Waals surface area contributed by atoms with E-state index < -0.39 is 0 Å². The molecule has 0 aliphatic carbocycles. The first kappa shape index (κ1) is 18.9. The summed E-state index contributed by atoms with van der Waals surface area (Å²) in [6.45, 7) is 10.9. The lowest BCUT2D eigenvalue weighted by Crippen LogP contribution is -2.00. The first-order valence-electron chi connectivity index (χ1n) is 8.97. The Kier molecular flexibility index (Phi) is 5.66. The minimum atomic E-state index is 0.463. The fraction of sp³-hybridized carbons (Fsp3) is 0.261. The van der Waals surface area contributed by atoms with Crippen molar-refractivity contribution in [1.82, 2.24) is 4.57 Å². The molecule has 0 spiro atoms. The monoisotopic (exact) mass is 456 g/mol. The van der Waals surface area contributed by atoms with Crippen LogP contribution in [0.4, 0.5) is 5.69 Å². The lowest BCUT2D eigenvalue weighted by atomic mass is 10.0. The van der Waals surface area contributed by atoms with Crippen molar-refractivity contribution in [2.24, 2.45) is 4.99 Å². The fourth-order valence-corrected chi connectivity index (χ4v) is 3.65. The van der Waals surface area contributed by atoms with Crippen molar-refractivity contribution in [3.05, 3.63) is 80.2 Å². The van der Waals surface area contributed by atoms with Gasteiger partial charge in [-0.25, -0.2) is 0 Å². The Bertz CT molecular complexity index is 964. The van der Waals surface area contributed by atoms with Gasteiger partial charge in [-0.05, 0) is 90.7 Å². The highest BCUT2D eigenvalue weighted by Crippen LogP contribution is 2.27. The first-order valence-corrected chi connectivity index (χ1v) is 10.0. The third kappa shape index (κ3) is 3.78. The van der Waals surface area contributed by atoms with Gasteiger partial charge in [-0.15, -0.1) is 0 Å². The van der Waals surface area contributed by atoms with E-state index >= 15 is 0 Å². The number of halogens is 1. The van der Waals surface area contributed by atoms with Crippen LogP contribution in [0.25, 0.3) is 5.69 Å². The maximum Gasteiger partial charge on any atom is 0.0664 e. The Morgan fingerprint density at radius 3 is 2.42 bits per heavy atom. The van der Waals surface area contributed by atoms with Gasteiger partial charge in [-0.1, -0.05) is 32.0 Å². The van der Waals surface area contributed by atoms with Gasteiger partial charge in [0.1, 0.15) is 0 Å². The molecule has 0 amide bonds. The summed E-state index contributed by atoms with van der Waals surface area (Å²) in [5.41, 5.74) is 8.45. The van der Waals surface area contributed by atoms with Crippen molar-refractivity contribution in [2.75, 3.05) is 0 Å². The van der Waals surface area contributed by atoms with Crippen LogP contribution in [-0.4, -0.2) is 10.8 Å². The fourth-order valence-electron chi connectivity index (χ4n) is 3.32. The topological polar surface area (TPSA) is 17.3 Å². The molecule has 1 aromatic heterocycles. The van der Waals surface area contributed by atoms with Crippen LogP contribution in [0, 0.1) is 24.3 Å². The number of benzene rings is 2. The maximum absolute atomic E-state index is 4.80. The molecule has 134 valence electrons. The minimum absolute atomic E-state index is 0.463.